The predicted molar refractivity (Wildman–Crippen MR) is 73.1 cm³/mol. The normalized spacial score (nSPS) is 18.3. The second kappa shape index (κ2) is 6.23. The highest BCUT2D eigenvalue weighted by Gasteiger charge is 2.36. The maximum atomic E-state index is 12.8. The van der Waals surface area contributed by atoms with E-state index in [0.717, 1.165) is 29.8 Å². The topological polar surface area (TPSA) is 62.2 Å². The van der Waals surface area contributed by atoms with Crippen molar-refractivity contribution in [2.75, 3.05) is 18.1 Å². The van der Waals surface area contributed by atoms with Crippen LogP contribution in [0.4, 0.5) is 13.2 Å². The summed E-state index contributed by atoms with van der Waals surface area (Å²) < 4.78 is 38.4. The Morgan fingerprint density at radius 3 is 2.71 bits per heavy atom. The molecule has 0 radical (unpaired) electrons. The first-order valence-electron chi connectivity index (χ1n) is 6.42. The second-order valence-electron chi connectivity index (χ2n) is 4.92. The number of nitrogens with zero attached hydrogens (tertiary/aromatic N) is 1. The van der Waals surface area contributed by atoms with E-state index in [9.17, 15) is 23.1 Å². The predicted octanol–water partition coefficient (Wildman–Crippen LogP) is 2.09. The van der Waals surface area contributed by atoms with Crippen LogP contribution in [0.3, 0.4) is 0 Å². The number of aromatic nitrogens is 1. The van der Waals surface area contributed by atoms with Gasteiger partial charge in [-0.15, -0.1) is 0 Å². The van der Waals surface area contributed by atoms with Gasteiger partial charge in [-0.1, -0.05) is 0 Å². The molecule has 1 fully saturated rings. The third-order valence-corrected chi connectivity index (χ3v) is 4.32. The van der Waals surface area contributed by atoms with E-state index in [2.05, 4.69) is 10.3 Å². The molecule has 1 saturated heterocycles. The largest absolute Gasteiger partial charge is 0.418 e. The summed E-state index contributed by atoms with van der Waals surface area (Å²) in [7, 11) is 0. The molecule has 1 aromatic heterocycles. The van der Waals surface area contributed by atoms with Gasteiger partial charge in [-0.3, -0.25) is 9.78 Å². The zero-order chi connectivity index (χ0) is 15.5. The first-order chi connectivity index (χ1) is 9.82. The summed E-state index contributed by atoms with van der Waals surface area (Å²) in [6.45, 7) is -0.0692. The van der Waals surface area contributed by atoms with Gasteiger partial charge < -0.3 is 10.4 Å². The maximum Gasteiger partial charge on any atom is 0.418 e. The average Bonchev–Trinajstić information content (AvgIpc) is 2.45. The fraction of sp³-hybridized carbons (Fsp3) is 0.538. The lowest BCUT2D eigenvalue weighted by Crippen LogP contribution is -2.45. The van der Waals surface area contributed by atoms with Crippen LogP contribution < -0.4 is 5.32 Å². The summed E-state index contributed by atoms with van der Waals surface area (Å²) in [5.41, 5.74) is -2.79. The summed E-state index contributed by atoms with van der Waals surface area (Å²) in [4.78, 5) is 15.4. The number of halogens is 3. The van der Waals surface area contributed by atoms with Gasteiger partial charge in [0, 0.05) is 12.7 Å². The molecule has 2 rings (SSSR count). The van der Waals surface area contributed by atoms with E-state index >= 15 is 0 Å². The molecule has 0 spiro atoms. The smallest absolute Gasteiger partial charge is 0.388 e. The van der Waals surface area contributed by atoms with E-state index in [-0.39, 0.29) is 6.54 Å². The number of thioether (sulfide) groups is 1. The molecule has 21 heavy (non-hydrogen) atoms. The molecule has 116 valence electrons. The molecule has 4 nitrogen and oxygen atoms in total. The highest BCUT2D eigenvalue weighted by molar-refractivity contribution is 7.99. The van der Waals surface area contributed by atoms with Crippen molar-refractivity contribution in [1.82, 2.24) is 10.3 Å². The molecule has 8 heteroatoms. The standard InChI is InChI=1S/C13H15F3N2O2S/c14-13(15,16)9-2-1-5-17-10(9)11(19)18-8-12(20)3-6-21-7-4-12/h1-2,5,20H,3-4,6-8H2,(H,18,19). The number of amides is 1. The number of hydrogen-bond donors (Lipinski definition) is 2. The molecule has 0 bridgehead atoms. The molecule has 1 aliphatic rings. The van der Waals surface area contributed by atoms with Gasteiger partial charge in [0.1, 0.15) is 5.69 Å². The first kappa shape index (κ1) is 16.1. The fourth-order valence-corrected chi connectivity index (χ4v) is 3.32. The lowest BCUT2D eigenvalue weighted by atomic mass is 9.97. The van der Waals surface area contributed by atoms with Crippen molar-refractivity contribution in [2.45, 2.75) is 24.6 Å². The van der Waals surface area contributed by atoms with Crippen molar-refractivity contribution in [3.8, 4) is 0 Å². The van der Waals surface area contributed by atoms with Crippen LogP contribution in [0.2, 0.25) is 0 Å². The maximum absolute atomic E-state index is 12.8. The highest BCUT2D eigenvalue weighted by Crippen LogP contribution is 2.31. The summed E-state index contributed by atoms with van der Waals surface area (Å²) in [5, 5.41) is 12.6. The number of carbonyl (C=O) groups excluding carboxylic acids is 1. The molecule has 0 aliphatic carbocycles. The van der Waals surface area contributed by atoms with Crippen molar-refractivity contribution in [3.05, 3.63) is 29.6 Å². The highest BCUT2D eigenvalue weighted by atomic mass is 32.2. The van der Waals surface area contributed by atoms with Gasteiger partial charge in [0.25, 0.3) is 5.91 Å². The minimum atomic E-state index is -4.64. The fourth-order valence-electron chi connectivity index (χ4n) is 2.07. The van der Waals surface area contributed by atoms with Crippen LogP contribution in [0.5, 0.6) is 0 Å². The SMILES string of the molecule is O=C(NCC1(O)CCSCC1)c1ncccc1C(F)(F)F. The second-order valence-corrected chi connectivity index (χ2v) is 6.14. The van der Waals surface area contributed by atoms with Gasteiger partial charge in [-0.25, -0.2) is 0 Å². The van der Waals surface area contributed by atoms with Crippen LogP contribution in [-0.2, 0) is 6.18 Å². The quantitative estimate of drug-likeness (QED) is 0.895. The number of nitrogens with one attached hydrogen (secondary N) is 1. The number of carbonyl (C=O) groups is 1. The average molecular weight is 320 g/mol. The lowest BCUT2D eigenvalue weighted by molar-refractivity contribution is -0.138. The van der Waals surface area contributed by atoms with Gasteiger partial charge in [0.15, 0.2) is 0 Å². The molecule has 0 atom stereocenters. The number of aliphatic hydroxyl groups is 1. The minimum absolute atomic E-state index is 0.0692. The van der Waals surface area contributed by atoms with Crippen molar-refractivity contribution < 1.29 is 23.1 Å². The molecular formula is C13H15F3N2O2S. The van der Waals surface area contributed by atoms with E-state index in [0.29, 0.717) is 12.8 Å². The number of alkyl halides is 3. The van der Waals surface area contributed by atoms with Gasteiger partial charge >= 0.3 is 6.18 Å². The molecule has 1 amide bonds. The van der Waals surface area contributed by atoms with Gasteiger partial charge in [0.2, 0.25) is 0 Å². The summed E-state index contributed by atoms with van der Waals surface area (Å²) >= 11 is 1.70. The summed E-state index contributed by atoms with van der Waals surface area (Å²) in [6.07, 6.45) is -2.49. The molecule has 0 saturated carbocycles. The van der Waals surface area contributed by atoms with Crippen LogP contribution in [0.1, 0.15) is 28.9 Å². The van der Waals surface area contributed by atoms with Crippen molar-refractivity contribution in [3.63, 3.8) is 0 Å². The summed E-state index contributed by atoms with van der Waals surface area (Å²) in [5.74, 6) is 0.614. The summed E-state index contributed by atoms with van der Waals surface area (Å²) in [6, 6.07) is 1.94. The number of hydrogen-bond acceptors (Lipinski definition) is 4. The van der Waals surface area contributed by atoms with Gasteiger partial charge in [-0.2, -0.15) is 24.9 Å². The Hall–Kier alpha value is -1.28. The van der Waals surface area contributed by atoms with Gasteiger partial charge in [0.05, 0.1) is 11.2 Å². The first-order valence-corrected chi connectivity index (χ1v) is 7.58. The van der Waals surface area contributed by atoms with Crippen molar-refractivity contribution >= 4 is 17.7 Å². The Kier molecular flexibility index (Phi) is 4.77. The zero-order valence-corrected chi connectivity index (χ0v) is 11.9. The van der Waals surface area contributed by atoms with Crippen LogP contribution >= 0.6 is 11.8 Å². The van der Waals surface area contributed by atoms with E-state index in [4.69, 9.17) is 0 Å². The minimum Gasteiger partial charge on any atom is -0.388 e. The van der Waals surface area contributed by atoms with Crippen LogP contribution in [0.15, 0.2) is 18.3 Å². The molecule has 0 aromatic carbocycles. The molecule has 2 N–H and O–H groups in total. The number of rotatable bonds is 3. The van der Waals surface area contributed by atoms with E-state index < -0.39 is 28.9 Å². The number of pyridine rings is 1. The lowest BCUT2D eigenvalue weighted by Gasteiger charge is -2.31. The van der Waals surface area contributed by atoms with E-state index in [1.54, 1.807) is 11.8 Å². The molecule has 1 aromatic rings. The van der Waals surface area contributed by atoms with E-state index in [1.165, 1.54) is 0 Å². The Bertz CT molecular complexity index is 516. The third kappa shape index (κ3) is 4.10. The molecule has 0 unspecified atom stereocenters. The Morgan fingerprint density at radius 1 is 1.43 bits per heavy atom. The molecule has 1 aliphatic heterocycles. The molecular weight excluding hydrogens is 305 g/mol. The zero-order valence-electron chi connectivity index (χ0n) is 11.1. The Balaban J connectivity index is 2.07. The van der Waals surface area contributed by atoms with Crippen LogP contribution in [0, 0.1) is 0 Å². The van der Waals surface area contributed by atoms with Crippen LogP contribution in [-0.4, -0.2) is 39.6 Å². The molecule has 2 heterocycles. The van der Waals surface area contributed by atoms with Crippen molar-refractivity contribution in [1.29, 1.82) is 0 Å². The van der Waals surface area contributed by atoms with E-state index in [1.807, 2.05) is 0 Å². The monoisotopic (exact) mass is 320 g/mol. The van der Waals surface area contributed by atoms with Gasteiger partial charge in [-0.05, 0) is 36.5 Å². The van der Waals surface area contributed by atoms with Crippen molar-refractivity contribution in [2.24, 2.45) is 0 Å². The Morgan fingerprint density at radius 2 is 2.10 bits per heavy atom. The Labute approximate surface area is 124 Å². The third-order valence-electron chi connectivity index (χ3n) is 3.33. The van der Waals surface area contributed by atoms with Crippen LogP contribution in [0.25, 0.3) is 0 Å².